The first-order valence-electron chi connectivity index (χ1n) is 7.29. The molecule has 4 heteroatoms. The summed E-state index contributed by atoms with van der Waals surface area (Å²) in [6.07, 6.45) is 4.69. The molecule has 104 valence electrons. The normalized spacial score (nSPS) is 51.5. The van der Waals surface area contributed by atoms with Gasteiger partial charge in [-0.1, -0.05) is 12.2 Å². The van der Waals surface area contributed by atoms with Gasteiger partial charge in [-0.25, -0.2) is 9.59 Å². The number of ether oxygens (including phenoxy) is 2. The maximum atomic E-state index is 12.2. The van der Waals surface area contributed by atoms with Crippen LogP contribution in [0.1, 0.15) is 0 Å². The second-order valence-corrected chi connectivity index (χ2v) is 6.71. The Labute approximate surface area is 116 Å². The molecule has 4 saturated carbocycles. The van der Waals surface area contributed by atoms with Crippen LogP contribution in [0.15, 0.2) is 23.3 Å². The topological polar surface area (TPSA) is 52.6 Å². The Kier molecular flexibility index (Phi) is 1.77. The van der Waals surface area contributed by atoms with Crippen LogP contribution in [0.5, 0.6) is 0 Å². The summed E-state index contributed by atoms with van der Waals surface area (Å²) in [5, 5.41) is 0. The fourth-order valence-corrected chi connectivity index (χ4v) is 6.58. The molecule has 0 amide bonds. The number of carbonyl (C=O) groups excluding carboxylic acids is 2. The van der Waals surface area contributed by atoms with Gasteiger partial charge < -0.3 is 9.47 Å². The highest BCUT2D eigenvalue weighted by Gasteiger charge is 2.79. The minimum atomic E-state index is -0.325. The first kappa shape index (κ1) is 11.1. The van der Waals surface area contributed by atoms with E-state index in [-0.39, 0.29) is 23.8 Å². The van der Waals surface area contributed by atoms with Crippen molar-refractivity contribution >= 4 is 11.9 Å². The number of carbonyl (C=O) groups is 2. The third-order valence-electron chi connectivity index (χ3n) is 6.65. The van der Waals surface area contributed by atoms with E-state index in [1.54, 1.807) is 0 Å². The highest BCUT2D eigenvalue weighted by molar-refractivity contribution is 6.03. The van der Waals surface area contributed by atoms with E-state index in [2.05, 4.69) is 12.2 Å². The lowest BCUT2D eigenvalue weighted by Gasteiger charge is -2.33. The van der Waals surface area contributed by atoms with Crippen LogP contribution in [0.2, 0.25) is 0 Å². The molecule has 20 heavy (non-hydrogen) atoms. The molecule has 0 N–H and O–H groups in total. The van der Waals surface area contributed by atoms with Crippen LogP contribution in [-0.4, -0.2) is 26.2 Å². The van der Waals surface area contributed by atoms with Crippen LogP contribution in [0.25, 0.3) is 0 Å². The molecule has 6 aliphatic carbocycles. The highest BCUT2D eigenvalue weighted by atomic mass is 16.5. The predicted octanol–water partition coefficient (Wildman–Crippen LogP) is 1.18. The quantitative estimate of drug-likeness (QED) is 0.559. The molecule has 6 aliphatic rings. The van der Waals surface area contributed by atoms with Crippen LogP contribution in [0.3, 0.4) is 0 Å². The summed E-state index contributed by atoms with van der Waals surface area (Å²) in [5.41, 5.74) is 1.27. The van der Waals surface area contributed by atoms with Crippen molar-refractivity contribution in [2.75, 3.05) is 14.2 Å². The molecular weight excluding hydrogens is 256 g/mol. The Morgan fingerprint density at radius 1 is 0.800 bits per heavy atom. The van der Waals surface area contributed by atoms with Gasteiger partial charge in [-0.15, -0.1) is 0 Å². The monoisotopic (exact) mass is 272 g/mol. The highest BCUT2D eigenvalue weighted by Crippen LogP contribution is 2.81. The van der Waals surface area contributed by atoms with Gasteiger partial charge in [-0.3, -0.25) is 0 Å². The molecule has 0 aromatic carbocycles. The Balaban J connectivity index is 1.68. The van der Waals surface area contributed by atoms with Crippen molar-refractivity contribution in [3.8, 4) is 0 Å². The molecule has 0 aliphatic heterocycles. The molecule has 0 aromatic heterocycles. The number of hydrogen-bond donors (Lipinski definition) is 0. The lowest BCUT2D eigenvalue weighted by molar-refractivity contribution is -0.140. The van der Waals surface area contributed by atoms with Crippen LogP contribution in [-0.2, 0) is 19.1 Å². The zero-order chi connectivity index (χ0) is 13.8. The van der Waals surface area contributed by atoms with E-state index in [1.165, 1.54) is 14.2 Å². The van der Waals surface area contributed by atoms with E-state index >= 15 is 0 Å². The summed E-state index contributed by atoms with van der Waals surface area (Å²) in [6.45, 7) is 0. The zero-order valence-corrected chi connectivity index (χ0v) is 11.4. The Bertz CT molecular complexity index is 566. The Morgan fingerprint density at radius 2 is 1.25 bits per heavy atom. The van der Waals surface area contributed by atoms with Crippen LogP contribution in [0.4, 0.5) is 0 Å². The molecule has 6 rings (SSSR count). The second kappa shape index (κ2) is 3.18. The summed E-state index contributed by atoms with van der Waals surface area (Å²) in [5.74, 6) is 3.35. The van der Waals surface area contributed by atoms with E-state index in [0.29, 0.717) is 46.7 Å². The minimum absolute atomic E-state index is 0.239. The van der Waals surface area contributed by atoms with Crippen molar-refractivity contribution in [3.63, 3.8) is 0 Å². The van der Waals surface area contributed by atoms with Crippen LogP contribution >= 0.6 is 0 Å². The molecule has 0 spiro atoms. The molecule has 4 nitrogen and oxygen atoms in total. The number of rotatable bonds is 2. The largest absolute Gasteiger partial charge is 0.466 e. The van der Waals surface area contributed by atoms with Crippen molar-refractivity contribution in [3.05, 3.63) is 23.3 Å². The van der Waals surface area contributed by atoms with Gasteiger partial charge in [0.15, 0.2) is 0 Å². The molecule has 4 fully saturated rings. The maximum absolute atomic E-state index is 12.2. The fourth-order valence-electron chi connectivity index (χ4n) is 6.58. The molecular formula is C16H16O4. The van der Waals surface area contributed by atoms with Crippen molar-refractivity contribution in [2.24, 2.45) is 47.3 Å². The second-order valence-electron chi connectivity index (χ2n) is 6.71. The van der Waals surface area contributed by atoms with Crippen molar-refractivity contribution in [2.45, 2.75) is 0 Å². The molecule has 2 unspecified atom stereocenters. The number of esters is 2. The van der Waals surface area contributed by atoms with Crippen molar-refractivity contribution < 1.29 is 19.1 Å². The maximum Gasteiger partial charge on any atom is 0.334 e. The third kappa shape index (κ3) is 0.859. The summed E-state index contributed by atoms with van der Waals surface area (Å²) < 4.78 is 9.89. The van der Waals surface area contributed by atoms with E-state index in [1.807, 2.05) is 0 Å². The van der Waals surface area contributed by atoms with Gasteiger partial charge in [0.1, 0.15) is 0 Å². The smallest absolute Gasteiger partial charge is 0.334 e. The average molecular weight is 272 g/mol. The lowest BCUT2D eigenvalue weighted by atomic mass is 9.71. The molecule has 0 heterocycles. The van der Waals surface area contributed by atoms with Gasteiger partial charge in [-0.05, 0) is 47.3 Å². The van der Waals surface area contributed by atoms with Crippen LogP contribution in [0, 0.1) is 47.3 Å². The average Bonchev–Trinajstić information content (AvgIpc) is 3.23. The van der Waals surface area contributed by atoms with E-state index in [4.69, 9.17) is 9.47 Å². The first-order valence-corrected chi connectivity index (χ1v) is 7.29. The molecule has 0 saturated heterocycles. The van der Waals surface area contributed by atoms with E-state index in [0.717, 1.165) is 0 Å². The minimum Gasteiger partial charge on any atom is -0.466 e. The van der Waals surface area contributed by atoms with Gasteiger partial charge in [-0.2, -0.15) is 0 Å². The van der Waals surface area contributed by atoms with Gasteiger partial charge in [0, 0.05) is 0 Å². The number of hydrogen-bond acceptors (Lipinski definition) is 4. The Morgan fingerprint density at radius 3 is 1.65 bits per heavy atom. The zero-order valence-electron chi connectivity index (χ0n) is 11.4. The molecule has 0 radical (unpaired) electrons. The van der Waals surface area contributed by atoms with E-state index in [9.17, 15) is 9.59 Å². The van der Waals surface area contributed by atoms with Gasteiger partial charge in [0.05, 0.1) is 25.4 Å². The van der Waals surface area contributed by atoms with E-state index < -0.39 is 0 Å². The number of allylic oxidation sites excluding steroid dienone is 2. The summed E-state index contributed by atoms with van der Waals surface area (Å²) in [4.78, 5) is 24.4. The van der Waals surface area contributed by atoms with Gasteiger partial charge >= 0.3 is 11.9 Å². The lowest BCUT2D eigenvalue weighted by Crippen LogP contribution is -2.33. The van der Waals surface area contributed by atoms with Gasteiger partial charge in [0.2, 0.25) is 0 Å². The summed E-state index contributed by atoms with van der Waals surface area (Å²) in [7, 11) is 2.79. The van der Waals surface area contributed by atoms with Gasteiger partial charge in [0.25, 0.3) is 0 Å². The number of methoxy groups -OCH3 is 2. The Hall–Kier alpha value is -1.58. The van der Waals surface area contributed by atoms with Crippen LogP contribution < -0.4 is 0 Å². The van der Waals surface area contributed by atoms with Crippen molar-refractivity contribution in [1.82, 2.24) is 0 Å². The van der Waals surface area contributed by atoms with Crippen molar-refractivity contribution in [1.29, 1.82) is 0 Å². The third-order valence-corrected chi connectivity index (χ3v) is 6.65. The predicted molar refractivity (Wildman–Crippen MR) is 68.1 cm³/mol. The molecule has 8 bridgehead atoms. The fraction of sp³-hybridized carbons (Fsp3) is 0.625. The molecule has 8 atom stereocenters. The standard InChI is InChI=1S/C16H16O4/c1-19-15(17)13-11-8-5-3-4-6-7(5)10(11)12(9(6)8)14(13)16(18)20-2/h3-12H,1-2H3/t5-,6-,7?,8-,9+,10?,11-,12+/m0/s1. The summed E-state index contributed by atoms with van der Waals surface area (Å²) in [6, 6.07) is 0. The summed E-state index contributed by atoms with van der Waals surface area (Å²) >= 11 is 0. The SMILES string of the molecule is COC(=O)C1=C(C(=O)OC)[C@H]2C3C4[C@@H]5C=C[C@@H]4[C@@H]2[C@H]5[C@H]13. The first-order chi connectivity index (χ1) is 9.70. The molecule has 0 aromatic rings.